The predicted molar refractivity (Wildman–Crippen MR) is 48.1 cm³/mol. The van der Waals surface area contributed by atoms with E-state index in [-0.39, 0.29) is 12.5 Å². The summed E-state index contributed by atoms with van der Waals surface area (Å²) < 4.78 is 0. The SMILES string of the molecule is C=CCC(N)C(=O)N(C)CC(=O)O. The van der Waals surface area contributed by atoms with Gasteiger partial charge in [-0.05, 0) is 6.42 Å². The first-order valence-electron chi connectivity index (χ1n) is 3.82. The van der Waals surface area contributed by atoms with Crippen molar-refractivity contribution in [2.24, 2.45) is 5.73 Å². The molecule has 1 unspecified atom stereocenters. The fourth-order valence-corrected chi connectivity index (χ4v) is 0.844. The van der Waals surface area contributed by atoms with Gasteiger partial charge in [-0.1, -0.05) is 6.08 Å². The summed E-state index contributed by atoms with van der Waals surface area (Å²) in [5.41, 5.74) is 5.45. The molecule has 0 aromatic heterocycles. The van der Waals surface area contributed by atoms with Crippen LogP contribution in [0.1, 0.15) is 6.42 Å². The summed E-state index contributed by atoms with van der Waals surface area (Å²) in [6, 6.07) is -0.693. The molecular formula is C8H14N2O3. The van der Waals surface area contributed by atoms with E-state index in [2.05, 4.69) is 6.58 Å². The minimum Gasteiger partial charge on any atom is -0.480 e. The van der Waals surface area contributed by atoms with Gasteiger partial charge in [0.05, 0.1) is 6.04 Å². The smallest absolute Gasteiger partial charge is 0.323 e. The van der Waals surface area contributed by atoms with Crippen LogP contribution in [-0.2, 0) is 9.59 Å². The van der Waals surface area contributed by atoms with E-state index in [1.54, 1.807) is 0 Å². The van der Waals surface area contributed by atoms with Crippen LogP contribution >= 0.6 is 0 Å². The molecule has 0 fully saturated rings. The molecule has 0 bridgehead atoms. The number of hydrogen-bond donors (Lipinski definition) is 2. The molecular weight excluding hydrogens is 172 g/mol. The van der Waals surface area contributed by atoms with Gasteiger partial charge in [-0.25, -0.2) is 0 Å². The molecule has 0 aliphatic rings. The largest absolute Gasteiger partial charge is 0.480 e. The number of nitrogens with zero attached hydrogens (tertiary/aromatic N) is 1. The molecule has 13 heavy (non-hydrogen) atoms. The molecule has 5 heteroatoms. The molecule has 0 heterocycles. The molecule has 0 aromatic rings. The highest BCUT2D eigenvalue weighted by Gasteiger charge is 2.17. The van der Waals surface area contributed by atoms with Gasteiger partial charge in [-0.2, -0.15) is 0 Å². The number of carbonyl (C=O) groups is 2. The topological polar surface area (TPSA) is 83.6 Å². The van der Waals surface area contributed by atoms with Crippen molar-refractivity contribution in [2.45, 2.75) is 12.5 Å². The van der Waals surface area contributed by atoms with Gasteiger partial charge in [0, 0.05) is 7.05 Å². The Kier molecular flexibility index (Phi) is 4.76. The molecule has 5 nitrogen and oxygen atoms in total. The van der Waals surface area contributed by atoms with Gasteiger partial charge in [0.25, 0.3) is 0 Å². The molecule has 74 valence electrons. The average Bonchev–Trinajstić information content (AvgIpc) is 2.02. The first-order valence-corrected chi connectivity index (χ1v) is 3.82. The van der Waals surface area contributed by atoms with Gasteiger partial charge in [0.1, 0.15) is 6.54 Å². The van der Waals surface area contributed by atoms with Crippen LogP contribution in [0.5, 0.6) is 0 Å². The van der Waals surface area contributed by atoms with Gasteiger partial charge in [-0.3, -0.25) is 9.59 Å². The number of carboxylic acid groups (broad SMARTS) is 1. The zero-order valence-corrected chi connectivity index (χ0v) is 7.56. The van der Waals surface area contributed by atoms with Gasteiger partial charge in [-0.15, -0.1) is 6.58 Å². The second kappa shape index (κ2) is 5.31. The maximum Gasteiger partial charge on any atom is 0.323 e. The number of hydrogen-bond acceptors (Lipinski definition) is 3. The van der Waals surface area contributed by atoms with Crippen molar-refractivity contribution in [3.63, 3.8) is 0 Å². The van der Waals surface area contributed by atoms with E-state index in [1.165, 1.54) is 13.1 Å². The monoisotopic (exact) mass is 186 g/mol. The van der Waals surface area contributed by atoms with E-state index in [4.69, 9.17) is 10.8 Å². The third kappa shape index (κ3) is 4.27. The van der Waals surface area contributed by atoms with E-state index in [1.807, 2.05) is 0 Å². The average molecular weight is 186 g/mol. The van der Waals surface area contributed by atoms with Crippen molar-refractivity contribution in [3.8, 4) is 0 Å². The van der Waals surface area contributed by atoms with Crippen LogP contribution in [0.15, 0.2) is 12.7 Å². The van der Waals surface area contributed by atoms with Crippen LogP contribution in [0.2, 0.25) is 0 Å². The third-order valence-corrected chi connectivity index (χ3v) is 1.49. The van der Waals surface area contributed by atoms with Crippen molar-refractivity contribution in [2.75, 3.05) is 13.6 Å². The van der Waals surface area contributed by atoms with Crippen molar-refractivity contribution < 1.29 is 14.7 Å². The quantitative estimate of drug-likeness (QED) is 0.563. The normalized spacial score (nSPS) is 11.8. The number of amides is 1. The van der Waals surface area contributed by atoms with Crippen LogP contribution in [-0.4, -0.2) is 41.5 Å². The molecule has 0 aliphatic carbocycles. The molecule has 0 aromatic carbocycles. The summed E-state index contributed by atoms with van der Waals surface area (Å²) in [7, 11) is 1.40. The van der Waals surface area contributed by atoms with Crippen molar-refractivity contribution in [3.05, 3.63) is 12.7 Å². The molecule has 0 rings (SSSR count). The molecule has 0 radical (unpaired) electrons. The number of likely N-dealkylation sites (N-methyl/N-ethyl adjacent to an activating group) is 1. The predicted octanol–water partition coefficient (Wildman–Crippen LogP) is -0.567. The summed E-state index contributed by atoms with van der Waals surface area (Å²) in [5, 5.41) is 8.39. The Labute approximate surface area is 76.8 Å². The molecule has 0 saturated heterocycles. The lowest BCUT2D eigenvalue weighted by Gasteiger charge is -2.18. The van der Waals surface area contributed by atoms with Crippen molar-refractivity contribution >= 4 is 11.9 Å². The summed E-state index contributed by atoms with van der Waals surface area (Å²) in [6.45, 7) is 3.11. The zero-order chi connectivity index (χ0) is 10.4. The Morgan fingerprint density at radius 2 is 2.23 bits per heavy atom. The van der Waals surface area contributed by atoms with Crippen molar-refractivity contribution in [1.29, 1.82) is 0 Å². The van der Waals surface area contributed by atoms with Crippen molar-refractivity contribution in [1.82, 2.24) is 4.90 Å². The third-order valence-electron chi connectivity index (χ3n) is 1.49. The lowest BCUT2D eigenvalue weighted by Crippen LogP contribution is -2.43. The maximum atomic E-state index is 11.3. The minimum atomic E-state index is -1.05. The van der Waals surface area contributed by atoms with E-state index in [0.29, 0.717) is 6.42 Å². The van der Waals surface area contributed by atoms with Gasteiger partial charge >= 0.3 is 5.97 Å². The summed E-state index contributed by atoms with van der Waals surface area (Å²) in [6.07, 6.45) is 1.87. The highest BCUT2D eigenvalue weighted by Crippen LogP contribution is 1.95. The van der Waals surface area contributed by atoms with E-state index in [0.717, 1.165) is 4.90 Å². The van der Waals surface area contributed by atoms with E-state index < -0.39 is 12.0 Å². The number of rotatable bonds is 5. The first-order chi connectivity index (χ1) is 5.99. The fraction of sp³-hybridized carbons (Fsp3) is 0.500. The second-order valence-corrected chi connectivity index (χ2v) is 2.72. The zero-order valence-electron chi connectivity index (χ0n) is 7.56. The molecule has 0 saturated carbocycles. The number of carboxylic acids is 1. The molecule has 0 spiro atoms. The lowest BCUT2D eigenvalue weighted by molar-refractivity contribution is -0.143. The lowest BCUT2D eigenvalue weighted by atomic mass is 10.2. The van der Waals surface area contributed by atoms with Gasteiger partial charge in [0.2, 0.25) is 5.91 Å². The Hall–Kier alpha value is -1.36. The molecule has 0 aliphatic heterocycles. The summed E-state index contributed by atoms with van der Waals surface area (Å²) in [5.74, 6) is -1.44. The van der Waals surface area contributed by atoms with E-state index >= 15 is 0 Å². The number of nitrogens with two attached hydrogens (primary N) is 1. The first kappa shape index (κ1) is 11.6. The standard InChI is InChI=1S/C8H14N2O3/c1-3-4-6(9)8(13)10(2)5-7(11)12/h3,6H,1,4-5,9H2,2H3,(H,11,12). The Morgan fingerprint density at radius 1 is 1.69 bits per heavy atom. The fourth-order valence-electron chi connectivity index (χ4n) is 0.844. The highest BCUT2D eigenvalue weighted by atomic mass is 16.4. The van der Waals surface area contributed by atoms with E-state index in [9.17, 15) is 9.59 Å². The van der Waals surface area contributed by atoms with Gasteiger partial charge < -0.3 is 15.7 Å². The van der Waals surface area contributed by atoms with Crippen LogP contribution in [0.4, 0.5) is 0 Å². The van der Waals surface area contributed by atoms with Crippen LogP contribution < -0.4 is 5.73 Å². The van der Waals surface area contributed by atoms with Crippen LogP contribution in [0.3, 0.4) is 0 Å². The summed E-state index contributed by atoms with van der Waals surface area (Å²) >= 11 is 0. The molecule has 3 N–H and O–H groups in total. The second-order valence-electron chi connectivity index (χ2n) is 2.72. The van der Waals surface area contributed by atoms with Crippen LogP contribution in [0, 0.1) is 0 Å². The van der Waals surface area contributed by atoms with Crippen LogP contribution in [0.25, 0.3) is 0 Å². The Morgan fingerprint density at radius 3 is 2.62 bits per heavy atom. The summed E-state index contributed by atoms with van der Waals surface area (Å²) in [4.78, 5) is 22.6. The molecule has 1 atom stereocenters. The number of carbonyl (C=O) groups excluding carboxylic acids is 1. The minimum absolute atomic E-state index is 0.330. The number of aliphatic carboxylic acids is 1. The highest BCUT2D eigenvalue weighted by molar-refractivity contribution is 5.85. The Bertz CT molecular complexity index is 215. The maximum absolute atomic E-state index is 11.3. The molecule has 1 amide bonds. The Balaban J connectivity index is 4.08. The van der Waals surface area contributed by atoms with Gasteiger partial charge in [0.15, 0.2) is 0 Å².